The van der Waals surface area contributed by atoms with Crippen LogP contribution in [0.5, 0.6) is 0 Å². The first kappa shape index (κ1) is 11.9. The van der Waals surface area contributed by atoms with Gasteiger partial charge in [-0.25, -0.2) is 9.59 Å². The van der Waals surface area contributed by atoms with Crippen LogP contribution in [0.3, 0.4) is 0 Å². The van der Waals surface area contributed by atoms with Crippen LogP contribution in [0.4, 0.5) is 0 Å². The van der Waals surface area contributed by atoms with Crippen LogP contribution in [-0.2, 0) is 23.9 Å². The molecule has 0 spiro atoms. The number of hydrogen-bond donors (Lipinski definition) is 1. The van der Waals surface area contributed by atoms with Crippen LogP contribution in [-0.4, -0.2) is 46.9 Å². The van der Waals surface area contributed by atoms with E-state index in [9.17, 15) is 19.2 Å². The fraction of sp³-hybridized carbons (Fsp3) is 0.333. The lowest BCUT2D eigenvalue weighted by molar-refractivity contribution is -0.152. The van der Waals surface area contributed by atoms with Crippen molar-refractivity contribution >= 4 is 23.8 Å². The first-order chi connectivity index (χ1) is 7.41. The van der Waals surface area contributed by atoms with E-state index in [4.69, 9.17) is 5.11 Å². The van der Waals surface area contributed by atoms with Crippen molar-refractivity contribution in [1.82, 2.24) is 4.90 Å². The van der Waals surface area contributed by atoms with Crippen molar-refractivity contribution < 1.29 is 29.0 Å². The molecule has 1 aliphatic heterocycles. The lowest BCUT2D eigenvalue weighted by atomic mass is 10.3. The number of carboxylic acids is 1. The van der Waals surface area contributed by atoms with Crippen molar-refractivity contribution in [2.24, 2.45) is 0 Å². The number of nitrogens with zero attached hydrogens (tertiary/aromatic N) is 1. The number of likely N-dealkylation sites (N-methyl/N-ethyl adjacent to an activating group) is 1. The van der Waals surface area contributed by atoms with Gasteiger partial charge in [-0.1, -0.05) is 0 Å². The second-order valence-electron chi connectivity index (χ2n) is 3.09. The Balaban J connectivity index is 2.56. The molecule has 1 fully saturated rings. The predicted octanol–water partition coefficient (Wildman–Crippen LogP) is -1.07. The Morgan fingerprint density at radius 3 is 2.50 bits per heavy atom. The van der Waals surface area contributed by atoms with Crippen molar-refractivity contribution in [3.63, 3.8) is 0 Å². The predicted molar refractivity (Wildman–Crippen MR) is 49.0 cm³/mol. The summed E-state index contributed by atoms with van der Waals surface area (Å²) in [5.74, 6) is -3.32. The van der Waals surface area contributed by atoms with E-state index in [-0.39, 0.29) is 6.42 Å². The maximum absolute atomic E-state index is 11.3. The molecular weight excluding hydrogens is 218 g/mol. The van der Waals surface area contributed by atoms with Gasteiger partial charge in [0.05, 0.1) is 6.42 Å². The summed E-state index contributed by atoms with van der Waals surface area (Å²) in [6, 6.07) is 0. The SMILES string of the molecule is CN1C(=O)C[C@H](OC(=O)C=CC(=O)O)C1=O. The molecule has 2 amide bonds. The lowest BCUT2D eigenvalue weighted by Gasteiger charge is -2.08. The molecule has 0 unspecified atom stereocenters. The molecule has 0 aromatic heterocycles. The number of amides is 2. The molecule has 0 saturated carbocycles. The first-order valence-electron chi connectivity index (χ1n) is 4.34. The van der Waals surface area contributed by atoms with Gasteiger partial charge in [0.1, 0.15) is 0 Å². The normalized spacial score (nSPS) is 20.6. The number of ether oxygens (including phenoxy) is 1. The van der Waals surface area contributed by atoms with E-state index < -0.39 is 29.9 Å². The molecule has 7 heteroatoms. The molecule has 7 nitrogen and oxygen atoms in total. The van der Waals surface area contributed by atoms with Crippen LogP contribution in [0, 0.1) is 0 Å². The third kappa shape index (κ3) is 2.66. The highest BCUT2D eigenvalue weighted by Gasteiger charge is 2.38. The van der Waals surface area contributed by atoms with Crippen LogP contribution in [0.1, 0.15) is 6.42 Å². The lowest BCUT2D eigenvalue weighted by Crippen LogP contribution is -2.30. The van der Waals surface area contributed by atoms with E-state index in [1.807, 2.05) is 0 Å². The average molecular weight is 227 g/mol. The summed E-state index contributed by atoms with van der Waals surface area (Å²) in [6.45, 7) is 0. The summed E-state index contributed by atoms with van der Waals surface area (Å²) in [5, 5.41) is 8.24. The van der Waals surface area contributed by atoms with Crippen LogP contribution in [0.2, 0.25) is 0 Å². The van der Waals surface area contributed by atoms with Crippen LogP contribution in [0.25, 0.3) is 0 Å². The number of carbonyl (C=O) groups excluding carboxylic acids is 3. The number of aliphatic carboxylic acids is 1. The number of likely N-dealkylation sites (tertiary alicyclic amines) is 1. The Bertz CT molecular complexity index is 385. The van der Waals surface area contributed by atoms with Crippen molar-refractivity contribution in [3.8, 4) is 0 Å². The summed E-state index contributed by atoms with van der Waals surface area (Å²) < 4.78 is 4.61. The second kappa shape index (κ2) is 4.56. The maximum Gasteiger partial charge on any atom is 0.331 e. The monoisotopic (exact) mass is 227 g/mol. The third-order valence-corrected chi connectivity index (χ3v) is 1.96. The molecule has 0 bridgehead atoms. The van der Waals surface area contributed by atoms with Gasteiger partial charge in [-0.15, -0.1) is 0 Å². The van der Waals surface area contributed by atoms with E-state index in [0.29, 0.717) is 12.2 Å². The van der Waals surface area contributed by atoms with Gasteiger partial charge in [0.25, 0.3) is 5.91 Å². The molecule has 0 aromatic rings. The smallest absolute Gasteiger partial charge is 0.331 e. The van der Waals surface area contributed by atoms with Gasteiger partial charge in [-0.2, -0.15) is 0 Å². The standard InChI is InChI=1S/C9H9NO6/c1-10-6(11)4-5(9(10)15)16-8(14)3-2-7(12)13/h2-3,5H,4H2,1H3,(H,12,13)/t5-/m0/s1. The molecule has 1 N–H and O–H groups in total. The molecule has 1 rings (SSSR count). The Labute approximate surface area is 90.3 Å². The number of rotatable bonds is 3. The van der Waals surface area contributed by atoms with Crippen molar-refractivity contribution in [1.29, 1.82) is 0 Å². The summed E-state index contributed by atoms with van der Waals surface area (Å²) in [6.07, 6.45) is -0.0864. The van der Waals surface area contributed by atoms with E-state index in [1.165, 1.54) is 7.05 Å². The number of hydrogen-bond acceptors (Lipinski definition) is 5. The highest BCUT2D eigenvalue weighted by Crippen LogP contribution is 2.14. The summed E-state index contributed by atoms with van der Waals surface area (Å²) in [7, 11) is 1.28. The molecule has 1 aliphatic rings. The van der Waals surface area contributed by atoms with Crippen LogP contribution < -0.4 is 0 Å². The minimum atomic E-state index is -1.30. The topological polar surface area (TPSA) is 101 Å². The Morgan fingerprint density at radius 1 is 1.44 bits per heavy atom. The first-order valence-corrected chi connectivity index (χ1v) is 4.34. The van der Waals surface area contributed by atoms with Crippen molar-refractivity contribution in [3.05, 3.63) is 12.2 Å². The van der Waals surface area contributed by atoms with E-state index in [2.05, 4.69) is 4.74 Å². The largest absolute Gasteiger partial charge is 0.478 e. The highest BCUT2D eigenvalue weighted by atomic mass is 16.5. The second-order valence-corrected chi connectivity index (χ2v) is 3.09. The number of carboxylic acid groups (broad SMARTS) is 1. The molecule has 1 saturated heterocycles. The Hall–Kier alpha value is -2.18. The number of imide groups is 1. The zero-order valence-electron chi connectivity index (χ0n) is 8.37. The van der Waals surface area contributed by atoms with Crippen LogP contribution >= 0.6 is 0 Å². The van der Waals surface area contributed by atoms with Gasteiger partial charge in [0.15, 0.2) is 6.10 Å². The van der Waals surface area contributed by atoms with Crippen molar-refractivity contribution in [2.45, 2.75) is 12.5 Å². The van der Waals surface area contributed by atoms with Gasteiger partial charge in [0.2, 0.25) is 5.91 Å². The molecule has 16 heavy (non-hydrogen) atoms. The zero-order chi connectivity index (χ0) is 12.3. The molecule has 1 atom stereocenters. The Kier molecular flexibility index (Phi) is 3.39. The van der Waals surface area contributed by atoms with Gasteiger partial charge >= 0.3 is 11.9 Å². The van der Waals surface area contributed by atoms with Gasteiger partial charge < -0.3 is 9.84 Å². The molecule has 1 heterocycles. The van der Waals surface area contributed by atoms with E-state index >= 15 is 0 Å². The summed E-state index contributed by atoms with van der Waals surface area (Å²) in [5.41, 5.74) is 0. The van der Waals surface area contributed by atoms with Gasteiger partial charge in [0, 0.05) is 19.2 Å². The number of esters is 1. The third-order valence-electron chi connectivity index (χ3n) is 1.96. The fourth-order valence-electron chi connectivity index (χ4n) is 1.13. The summed E-state index contributed by atoms with van der Waals surface area (Å²) >= 11 is 0. The van der Waals surface area contributed by atoms with E-state index in [1.54, 1.807) is 0 Å². The molecule has 0 radical (unpaired) electrons. The summed E-state index contributed by atoms with van der Waals surface area (Å²) in [4.78, 5) is 44.3. The van der Waals surface area contributed by atoms with Gasteiger partial charge in [-0.05, 0) is 0 Å². The Morgan fingerprint density at radius 2 is 2.06 bits per heavy atom. The van der Waals surface area contributed by atoms with Crippen LogP contribution in [0.15, 0.2) is 12.2 Å². The maximum atomic E-state index is 11.3. The zero-order valence-corrected chi connectivity index (χ0v) is 8.37. The van der Waals surface area contributed by atoms with Gasteiger partial charge in [-0.3, -0.25) is 14.5 Å². The average Bonchev–Trinajstić information content (AvgIpc) is 2.43. The minimum absolute atomic E-state index is 0.206. The van der Waals surface area contributed by atoms with Crippen molar-refractivity contribution in [2.75, 3.05) is 7.05 Å². The minimum Gasteiger partial charge on any atom is -0.478 e. The van der Waals surface area contributed by atoms with E-state index in [0.717, 1.165) is 4.90 Å². The molecule has 0 aromatic carbocycles. The molecule has 86 valence electrons. The molecular formula is C9H9NO6. The highest BCUT2D eigenvalue weighted by molar-refractivity contribution is 6.05. The molecule has 0 aliphatic carbocycles. The quantitative estimate of drug-likeness (QED) is 0.374. The number of carbonyl (C=O) groups is 4. The fourth-order valence-corrected chi connectivity index (χ4v) is 1.13.